The van der Waals surface area contributed by atoms with Crippen molar-refractivity contribution in [1.82, 2.24) is 0 Å². The van der Waals surface area contributed by atoms with Gasteiger partial charge in [0.25, 0.3) is 0 Å². The quantitative estimate of drug-likeness (QED) is 0.844. The summed E-state index contributed by atoms with van der Waals surface area (Å²) in [5.41, 5.74) is -0.529. The van der Waals surface area contributed by atoms with Crippen molar-refractivity contribution in [3.63, 3.8) is 0 Å². The van der Waals surface area contributed by atoms with Gasteiger partial charge >= 0.3 is 5.97 Å². The van der Waals surface area contributed by atoms with Crippen LogP contribution in [-0.4, -0.2) is 25.2 Å². The third-order valence-electron chi connectivity index (χ3n) is 1.95. The standard InChI is InChI=1S/C10H12FNO4S/c1-2-5-17(15,16)12-9-6-7(10(13)14)3-4-8(9)11/h3-4,6,12H,2,5H2,1H3,(H,13,14). The maximum absolute atomic E-state index is 13.3. The third kappa shape index (κ3) is 3.70. The van der Waals surface area contributed by atoms with Gasteiger partial charge in [0.1, 0.15) is 5.82 Å². The predicted molar refractivity (Wildman–Crippen MR) is 61.1 cm³/mol. The fraction of sp³-hybridized carbons (Fsp3) is 0.300. The Hall–Kier alpha value is -1.63. The molecule has 0 unspecified atom stereocenters. The number of rotatable bonds is 5. The number of carboxylic acid groups (broad SMARTS) is 1. The molecule has 94 valence electrons. The van der Waals surface area contributed by atoms with Gasteiger partial charge in [0.05, 0.1) is 17.0 Å². The first-order chi connectivity index (χ1) is 7.85. The van der Waals surface area contributed by atoms with Crippen LogP contribution in [0.3, 0.4) is 0 Å². The third-order valence-corrected chi connectivity index (χ3v) is 3.43. The molecule has 0 aliphatic rings. The lowest BCUT2D eigenvalue weighted by Gasteiger charge is -2.08. The number of carbonyl (C=O) groups is 1. The molecule has 0 spiro atoms. The summed E-state index contributed by atoms with van der Waals surface area (Å²) in [5, 5.41) is 8.70. The lowest BCUT2D eigenvalue weighted by atomic mass is 10.2. The van der Waals surface area contributed by atoms with E-state index in [1.54, 1.807) is 6.92 Å². The summed E-state index contributed by atoms with van der Waals surface area (Å²) in [6, 6.07) is 2.92. The molecule has 0 heterocycles. The first kappa shape index (κ1) is 13.4. The van der Waals surface area contributed by atoms with Crippen molar-refractivity contribution in [2.24, 2.45) is 0 Å². The largest absolute Gasteiger partial charge is 0.478 e. The van der Waals surface area contributed by atoms with Crippen molar-refractivity contribution in [1.29, 1.82) is 0 Å². The second kappa shape index (κ2) is 5.13. The molecule has 0 saturated heterocycles. The number of aromatic carboxylic acids is 1. The summed E-state index contributed by atoms with van der Waals surface area (Å²) >= 11 is 0. The van der Waals surface area contributed by atoms with E-state index in [4.69, 9.17) is 5.11 Å². The molecule has 2 N–H and O–H groups in total. The highest BCUT2D eigenvalue weighted by Crippen LogP contribution is 2.17. The first-order valence-corrected chi connectivity index (χ1v) is 6.54. The number of hydrogen-bond donors (Lipinski definition) is 2. The molecule has 0 radical (unpaired) electrons. The van der Waals surface area contributed by atoms with Gasteiger partial charge in [0, 0.05) is 0 Å². The number of halogens is 1. The van der Waals surface area contributed by atoms with E-state index in [9.17, 15) is 17.6 Å². The Labute approximate surface area is 98.3 Å². The SMILES string of the molecule is CCCS(=O)(=O)Nc1cc(C(=O)O)ccc1F. The number of anilines is 1. The zero-order valence-electron chi connectivity index (χ0n) is 9.10. The summed E-state index contributed by atoms with van der Waals surface area (Å²) in [6.45, 7) is 1.67. The van der Waals surface area contributed by atoms with Crippen LogP contribution in [0.5, 0.6) is 0 Å². The van der Waals surface area contributed by atoms with Crippen LogP contribution in [0.1, 0.15) is 23.7 Å². The van der Waals surface area contributed by atoms with Crippen molar-refractivity contribution in [2.75, 3.05) is 10.5 Å². The molecule has 5 nitrogen and oxygen atoms in total. The van der Waals surface area contributed by atoms with Gasteiger partial charge in [-0.15, -0.1) is 0 Å². The van der Waals surface area contributed by atoms with E-state index in [-0.39, 0.29) is 17.0 Å². The monoisotopic (exact) mass is 261 g/mol. The Balaban J connectivity index is 3.06. The van der Waals surface area contributed by atoms with Gasteiger partial charge in [-0.2, -0.15) is 0 Å². The van der Waals surface area contributed by atoms with Crippen LogP contribution in [0.15, 0.2) is 18.2 Å². The molecular formula is C10H12FNO4S. The van der Waals surface area contributed by atoms with Gasteiger partial charge in [0.15, 0.2) is 0 Å². The highest BCUT2D eigenvalue weighted by molar-refractivity contribution is 7.92. The van der Waals surface area contributed by atoms with Crippen LogP contribution in [0.25, 0.3) is 0 Å². The molecule has 1 aromatic carbocycles. The molecule has 0 atom stereocenters. The van der Waals surface area contributed by atoms with E-state index in [1.165, 1.54) is 0 Å². The molecule has 0 aliphatic carbocycles. The van der Waals surface area contributed by atoms with E-state index in [0.717, 1.165) is 18.2 Å². The summed E-state index contributed by atoms with van der Waals surface area (Å²) in [5.74, 6) is -2.21. The second-order valence-electron chi connectivity index (χ2n) is 3.42. The molecule has 0 bridgehead atoms. The van der Waals surface area contributed by atoms with Crippen LogP contribution >= 0.6 is 0 Å². The second-order valence-corrected chi connectivity index (χ2v) is 5.26. The average Bonchev–Trinajstić information content (AvgIpc) is 2.20. The molecule has 0 aliphatic heterocycles. The minimum absolute atomic E-state index is 0.149. The highest BCUT2D eigenvalue weighted by Gasteiger charge is 2.14. The van der Waals surface area contributed by atoms with E-state index in [1.807, 2.05) is 4.72 Å². The van der Waals surface area contributed by atoms with Gasteiger partial charge in [0.2, 0.25) is 10.0 Å². The Morgan fingerprint density at radius 2 is 2.12 bits per heavy atom. The maximum atomic E-state index is 13.3. The molecule has 1 rings (SSSR count). The number of carboxylic acids is 1. The van der Waals surface area contributed by atoms with Crippen molar-refractivity contribution in [2.45, 2.75) is 13.3 Å². The minimum Gasteiger partial charge on any atom is -0.478 e. The molecule has 0 fully saturated rings. The van der Waals surface area contributed by atoms with E-state index < -0.39 is 21.8 Å². The van der Waals surface area contributed by atoms with Crippen molar-refractivity contribution >= 4 is 21.7 Å². The molecule has 7 heteroatoms. The molecule has 17 heavy (non-hydrogen) atoms. The number of nitrogens with one attached hydrogen (secondary N) is 1. The van der Waals surface area contributed by atoms with Gasteiger partial charge in [-0.25, -0.2) is 17.6 Å². The van der Waals surface area contributed by atoms with Gasteiger partial charge in [-0.05, 0) is 24.6 Å². The lowest BCUT2D eigenvalue weighted by Crippen LogP contribution is -2.17. The summed E-state index contributed by atoms with van der Waals surface area (Å²) in [7, 11) is -3.63. The Morgan fingerprint density at radius 1 is 1.47 bits per heavy atom. The van der Waals surface area contributed by atoms with E-state index in [2.05, 4.69) is 0 Å². The normalized spacial score (nSPS) is 11.2. The van der Waals surface area contributed by atoms with Gasteiger partial charge in [-0.1, -0.05) is 6.92 Å². The Bertz CT molecular complexity index is 527. The topological polar surface area (TPSA) is 83.5 Å². The van der Waals surface area contributed by atoms with E-state index in [0.29, 0.717) is 6.42 Å². The molecule has 0 aromatic heterocycles. The Kier molecular flexibility index (Phi) is 4.06. The summed E-state index contributed by atoms with van der Waals surface area (Å²) < 4.78 is 38.1. The zero-order valence-corrected chi connectivity index (χ0v) is 9.92. The first-order valence-electron chi connectivity index (χ1n) is 4.89. The number of sulfonamides is 1. The molecule has 0 amide bonds. The van der Waals surface area contributed by atoms with Crippen LogP contribution in [-0.2, 0) is 10.0 Å². The summed E-state index contributed by atoms with van der Waals surface area (Å²) in [4.78, 5) is 10.7. The summed E-state index contributed by atoms with van der Waals surface area (Å²) in [6.07, 6.45) is 0.384. The van der Waals surface area contributed by atoms with Crippen LogP contribution in [0.2, 0.25) is 0 Å². The minimum atomic E-state index is -3.63. The van der Waals surface area contributed by atoms with Crippen molar-refractivity contribution < 1.29 is 22.7 Å². The highest BCUT2D eigenvalue weighted by atomic mass is 32.2. The van der Waals surface area contributed by atoms with Gasteiger partial charge in [-0.3, -0.25) is 4.72 Å². The van der Waals surface area contributed by atoms with Gasteiger partial charge < -0.3 is 5.11 Å². The van der Waals surface area contributed by atoms with Crippen LogP contribution < -0.4 is 4.72 Å². The fourth-order valence-corrected chi connectivity index (χ4v) is 2.35. The Morgan fingerprint density at radius 3 is 2.65 bits per heavy atom. The van der Waals surface area contributed by atoms with Crippen LogP contribution in [0.4, 0.5) is 10.1 Å². The zero-order chi connectivity index (χ0) is 13.1. The van der Waals surface area contributed by atoms with E-state index >= 15 is 0 Å². The number of hydrogen-bond acceptors (Lipinski definition) is 3. The molecular weight excluding hydrogens is 249 g/mol. The molecule has 1 aromatic rings. The maximum Gasteiger partial charge on any atom is 0.335 e. The van der Waals surface area contributed by atoms with Crippen molar-refractivity contribution in [3.8, 4) is 0 Å². The average molecular weight is 261 g/mol. The van der Waals surface area contributed by atoms with Crippen molar-refractivity contribution in [3.05, 3.63) is 29.6 Å². The predicted octanol–water partition coefficient (Wildman–Crippen LogP) is 1.68. The molecule has 0 saturated carbocycles. The number of benzene rings is 1. The lowest BCUT2D eigenvalue weighted by molar-refractivity contribution is 0.0697. The van der Waals surface area contributed by atoms with Crippen LogP contribution in [0, 0.1) is 5.82 Å². The smallest absolute Gasteiger partial charge is 0.335 e. The fourth-order valence-electron chi connectivity index (χ4n) is 1.22.